The van der Waals surface area contributed by atoms with Gasteiger partial charge in [-0.25, -0.2) is 0 Å². The average Bonchev–Trinajstić information content (AvgIpc) is 2.72. The van der Waals surface area contributed by atoms with Gasteiger partial charge in [0.05, 0.1) is 15.7 Å². The van der Waals surface area contributed by atoms with E-state index in [0.29, 0.717) is 10.0 Å². The van der Waals surface area contributed by atoms with Crippen LogP contribution < -0.4 is 5.32 Å². The van der Waals surface area contributed by atoms with E-state index in [1.807, 2.05) is 0 Å². The number of amides is 1. The van der Waals surface area contributed by atoms with Gasteiger partial charge in [0.15, 0.2) is 5.69 Å². The third-order valence-corrected chi connectivity index (χ3v) is 4.13. The fraction of sp³-hybridized carbons (Fsp3) is 0.286. The molecule has 0 radical (unpaired) electrons. The maximum Gasteiger partial charge on any atom is 0.416 e. The van der Waals surface area contributed by atoms with Crippen molar-refractivity contribution < 1.29 is 18.0 Å². The monoisotopic (exact) mass is 375 g/mol. The summed E-state index contributed by atoms with van der Waals surface area (Å²) in [6.45, 7) is 1.78. The number of rotatable bonds is 3. The number of nitrogens with one attached hydrogen (secondary N) is 1. The quantitative estimate of drug-likeness (QED) is 0.892. The standard InChI is InChI=1S/C14H13BrF3N3O/c1-8-11(15)12(20-21(8)2)13(22)19-7-9-4-3-5-10(6-9)14(16,17)18/h3-6H,7H2,1-2H3,(H,19,22). The highest BCUT2D eigenvalue weighted by atomic mass is 79.9. The Morgan fingerprint density at radius 1 is 1.41 bits per heavy atom. The van der Waals surface area contributed by atoms with Crippen molar-refractivity contribution in [3.05, 3.63) is 51.3 Å². The highest BCUT2D eigenvalue weighted by molar-refractivity contribution is 9.10. The van der Waals surface area contributed by atoms with Crippen LogP contribution in [0.5, 0.6) is 0 Å². The first kappa shape index (κ1) is 16.5. The van der Waals surface area contributed by atoms with Crippen molar-refractivity contribution in [3.63, 3.8) is 0 Å². The molecule has 0 spiro atoms. The van der Waals surface area contributed by atoms with Gasteiger partial charge in [0.1, 0.15) is 0 Å². The Balaban J connectivity index is 2.10. The van der Waals surface area contributed by atoms with Crippen molar-refractivity contribution in [2.45, 2.75) is 19.6 Å². The normalized spacial score (nSPS) is 11.5. The van der Waals surface area contributed by atoms with Gasteiger partial charge < -0.3 is 5.32 Å². The molecule has 0 atom stereocenters. The fourth-order valence-electron chi connectivity index (χ4n) is 1.85. The predicted molar refractivity (Wildman–Crippen MR) is 78.3 cm³/mol. The van der Waals surface area contributed by atoms with Crippen LogP contribution in [0.1, 0.15) is 27.3 Å². The molecule has 0 aliphatic carbocycles. The van der Waals surface area contributed by atoms with Gasteiger partial charge in [-0.05, 0) is 40.5 Å². The summed E-state index contributed by atoms with van der Waals surface area (Å²) in [7, 11) is 1.70. The Kier molecular flexibility index (Phi) is 4.60. The first-order valence-electron chi connectivity index (χ1n) is 6.33. The van der Waals surface area contributed by atoms with Crippen LogP contribution in [0, 0.1) is 6.92 Å². The maximum atomic E-state index is 12.6. The number of nitrogens with zero attached hydrogens (tertiary/aromatic N) is 2. The molecule has 0 fully saturated rings. The number of hydrogen-bond acceptors (Lipinski definition) is 2. The number of hydrogen-bond donors (Lipinski definition) is 1. The highest BCUT2D eigenvalue weighted by Crippen LogP contribution is 2.29. The van der Waals surface area contributed by atoms with Crippen molar-refractivity contribution in [3.8, 4) is 0 Å². The molecule has 2 rings (SSSR count). The van der Waals surface area contributed by atoms with Gasteiger partial charge in [0.25, 0.3) is 5.91 Å². The lowest BCUT2D eigenvalue weighted by Gasteiger charge is -2.09. The number of benzene rings is 1. The van der Waals surface area contributed by atoms with E-state index in [0.717, 1.165) is 17.8 Å². The molecule has 1 N–H and O–H groups in total. The summed E-state index contributed by atoms with van der Waals surface area (Å²) in [4.78, 5) is 12.0. The van der Waals surface area contributed by atoms with Crippen LogP contribution in [0.25, 0.3) is 0 Å². The third kappa shape index (κ3) is 3.49. The first-order valence-corrected chi connectivity index (χ1v) is 7.13. The molecule has 118 valence electrons. The minimum atomic E-state index is -4.40. The largest absolute Gasteiger partial charge is 0.416 e. The molecule has 22 heavy (non-hydrogen) atoms. The summed E-state index contributed by atoms with van der Waals surface area (Å²) in [5.74, 6) is -0.451. The van der Waals surface area contributed by atoms with E-state index in [4.69, 9.17) is 0 Å². The van der Waals surface area contributed by atoms with Crippen molar-refractivity contribution in [1.82, 2.24) is 15.1 Å². The van der Waals surface area contributed by atoms with Crippen LogP contribution in [-0.4, -0.2) is 15.7 Å². The average molecular weight is 376 g/mol. The van der Waals surface area contributed by atoms with E-state index >= 15 is 0 Å². The van der Waals surface area contributed by atoms with E-state index in [-0.39, 0.29) is 12.2 Å². The Morgan fingerprint density at radius 3 is 2.64 bits per heavy atom. The number of aryl methyl sites for hydroxylation is 1. The summed E-state index contributed by atoms with van der Waals surface area (Å²) in [5.41, 5.74) is 0.609. The summed E-state index contributed by atoms with van der Waals surface area (Å²) in [6.07, 6.45) is -4.40. The van der Waals surface area contributed by atoms with Gasteiger partial charge in [0, 0.05) is 13.6 Å². The van der Waals surface area contributed by atoms with Gasteiger partial charge in [-0.3, -0.25) is 9.48 Å². The van der Waals surface area contributed by atoms with Gasteiger partial charge in [-0.15, -0.1) is 0 Å². The van der Waals surface area contributed by atoms with Crippen molar-refractivity contribution in [2.24, 2.45) is 7.05 Å². The Labute approximate surface area is 133 Å². The zero-order chi connectivity index (χ0) is 16.5. The lowest BCUT2D eigenvalue weighted by atomic mass is 10.1. The molecule has 1 heterocycles. The van der Waals surface area contributed by atoms with Crippen LogP contribution >= 0.6 is 15.9 Å². The molecule has 2 aromatic rings. The van der Waals surface area contributed by atoms with Gasteiger partial charge >= 0.3 is 6.18 Å². The van der Waals surface area contributed by atoms with Crippen LogP contribution in [0.4, 0.5) is 13.2 Å². The second-order valence-corrected chi connectivity index (χ2v) is 5.55. The SMILES string of the molecule is Cc1c(Br)c(C(=O)NCc2cccc(C(F)(F)F)c2)nn1C. The molecule has 1 aromatic carbocycles. The van der Waals surface area contributed by atoms with Crippen LogP contribution in [-0.2, 0) is 19.8 Å². The minimum absolute atomic E-state index is 0.00911. The summed E-state index contributed by atoms with van der Waals surface area (Å²) in [5, 5.41) is 6.62. The maximum absolute atomic E-state index is 12.6. The van der Waals surface area contributed by atoms with E-state index in [2.05, 4.69) is 26.3 Å². The van der Waals surface area contributed by atoms with Gasteiger partial charge in [-0.2, -0.15) is 18.3 Å². The lowest BCUT2D eigenvalue weighted by molar-refractivity contribution is -0.137. The Hall–Kier alpha value is -1.83. The molecular weight excluding hydrogens is 363 g/mol. The molecule has 1 amide bonds. The number of alkyl halides is 3. The molecule has 0 saturated carbocycles. The second-order valence-electron chi connectivity index (χ2n) is 4.75. The predicted octanol–water partition coefficient (Wildman–Crippen LogP) is 3.44. The molecule has 0 aliphatic rings. The smallest absolute Gasteiger partial charge is 0.347 e. The van der Waals surface area contributed by atoms with Crippen LogP contribution in [0.3, 0.4) is 0 Å². The molecule has 0 saturated heterocycles. The van der Waals surface area contributed by atoms with Crippen molar-refractivity contribution >= 4 is 21.8 Å². The first-order chi connectivity index (χ1) is 10.2. The van der Waals surface area contributed by atoms with Gasteiger partial charge in [-0.1, -0.05) is 12.1 Å². The molecule has 4 nitrogen and oxygen atoms in total. The molecule has 8 heteroatoms. The van der Waals surface area contributed by atoms with E-state index in [1.165, 1.54) is 12.1 Å². The van der Waals surface area contributed by atoms with Gasteiger partial charge in [0.2, 0.25) is 0 Å². The number of aromatic nitrogens is 2. The molecule has 0 unspecified atom stereocenters. The second kappa shape index (κ2) is 6.12. The minimum Gasteiger partial charge on any atom is -0.347 e. The van der Waals surface area contributed by atoms with Crippen LogP contribution in [0.15, 0.2) is 28.7 Å². The molecule has 0 aliphatic heterocycles. The summed E-state index contributed by atoms with van der Waals surface area (Å²) in [6, 6.07) is 4.84. The summed E-state index contributed by atoms with van der Waals surface area (Å²) >= 11 is 3.27. The number of carbonyl (C=O) groups is 1. The van der Waals surface area contributed by atoms with Crippen molar-refractivity contribution in [2.75, 3.05) is 0 Å². The topological polar surface area (TPSA) is 46.9 Å². The Bertz CT molecular complexity index is 710. The zero-order valence-electron chi connectivity index (χ0n) is 11.8. The summed E-state index contributed by atoms with van der Waals surface area (Å²) < 4.78 is 40.0. The molecular formula is C14H13BrF3N3O. The van der Waals surface area contributed by atoms with Crippen molar-refractivity contribution in [1.29, 1.82) is 0 Å². The van der Waals surface area contributed by atoms with E-state index < -0.39 is 17.6 Å². The fourth-order valence-corrected chi connectivity index (χ4v) is 2.37. The van der Waals surface area contributed by atoms with E-state index in [9.17, 15) is 18.0 Å². The van der Waals surface area contributed by atoms with E-state index in [1.54, 1.807) is 18.7 Å². The molecule has 0 bridgehead atoms. The highest BCUT2D eigenvalue weighted by Gasteiger charge is 2.30. The number of carbonyl (C=O) groups excluding carboxylic acids is 1. The lowest BCUT2D eigenvalue weighted by Crippen LogP contribution is -2.24. The third-order valence-electron chi connectivity index (χ3n) is 3.18. The Morgan fingerprint density at radius 2 is 2.09 bits per heavy atom. The van der Waals surface area contributed by atoms with Crippen LogP contribution in [0.2, 0.25) is 0 Å². The number of halogens is 4. The zero-order valence-corrected chi connectivity index (χ0v) is 13.4. The molecule has 1 aromatic heterocycles.